The first-order valence-electron chi connectivity index (χ1n) is 12.6. The van der Waals surface area contributed by atoms with Crippen LogP contribution in [0.25, 0.3) is 43.4 Å². The molecule has 0 heteroatoms. The topological polar surface area (TPSA) is 0 Å². The van der Waals surface area contributed by atoms with Gasteiger partial charge in [0.2, 0.25) is 0 Å². The summed E-state index contributed by atoms with van der Waals surface area (Å²) in [6.45, 7) is 16.7. The Labute approximate surface area is 200 Å². The molecule has 170 valence electrons. The summed E-state index contributed by atoms with van der Waals surface area (Å²) in [5, 5.41) is 8.01. The maximum atomic E-state index is 2.40. The van der Waals surface area contributed by atoms with Crippen LogP contribution in [0.3, 0.4) is 0 Å². The smallest absolute Gasteiger partial charge is 0.0159 e. The molecule has 0 radical (unpaired) electrons. The largest absolute Gasteiger partial charge is 0.0683 e. The second kappa shape index (κ2) is 10.2. The lowest BCUT2D eigenvalue weighted by atomic mass is 9.81. The predicted octanol–water partition coefficient (Wildman–Crippen LogP) is 10.5. The van der Waals surface area contributed by atoms with Gasteiger partial charge >= 0.3 is 0 Å². The third-order valence-corrected chi connectivity index (χ3v) is 6.43. The first-order chi connectivity index (χ1) is 16.1. The first-order valence-corrected chi connectivity index (χ1v) is 12.6. The van der Waals surface area contributed by atoms with Gasteiger partial charge < -0.3 is 0 Å². The molecule has 0 aliphatic heterocycles. The minimum Gasteiger partial charge on any atom is -0.0683 e. The molecule has 1 aliphatic carbocycles. The van der Waals surface area contributed by atoms with Crippen LogP contribution in [-0.4, -0.2) is 0 Å². The molecule has 0 aromatic heterocycles. The molecule has 0 nitrogen and oxygen atoms in total. The third kappa shape index (κ3) is 3.93. The average Bonchev–Trinajstić information content (AvgIpc) is 3.12. The van der Waals surface area contributed by atoms with Gasteiger partial charge in [-0.2, -0.15) is 0 Å². The minimum atomic E-state index is 0.0224. The molecule has 5 aromatic carbocycles. The van der Waals surface area contributed by atoms with Gasteiger partial charge in [-0.25, -0.2) is 0 Å². The van der Waals surface area contributed by atoms with Gasteiger partial charge in [-0.3, -0.25) is 0 Å². The van der Waals surface area contributed by atoms with Gasteiger partial charge in [0.15, 0.2) is 0 Å². The van der Waals surface area contributed by atoms with E-state index in [1.54, 1.807) is 0 Å². The van der Waals surface area contributed by atoms with Crippen molar-refractivity contribution in [3.63, 3.8) is 0 Å². The molecule has 0 amide bonds. The standard InChI is InChI=1S/C27H20.3C2H6/c1-27(2)24-14-13-21-20-10-6-5-7-17(20)11-12-22(21)26(24)23-15-18-8-3-4-9-19(18)16-25(23)27;3*1-2/h3-16H,1-2H3;3*1-2H3. The quantitative estimate of drug-likeness (QED) is 0.213. The Morgan fingerprint density at radius 2 is 1.00 bits per heavy atom. The number of hydrogen-bond acceptors (Lipinski definition) is 0. The highest BCUT2D eigenvalue weighted by Crippen LogP contribution is 2.52. The molecule has 0 unspecified atom stereocenters. The van der Waals surface area contributed by atoms with Crippen LogP contribution in [-0.2, 0) is 5.41 Å². The Morgan fingerprint density at radius 3 is 1.67 bits per heavy atom. The fraction of sp³-hybridized carbons (Fsp3) is 0.273. The maximum absolute atomic E-state index is 2.40. The van der Waals surface area contributed by atoms with Crippen LogP contribution in [0.4, 0.5) is 0 Å². The first kappa shape index (κ1) is 24.5. The SMILES string of the molecule is CC.CC.CC.CC1(C)c2cc3ccccc3cc2-c2c1ccc1c2ccc2ccccc21. The highest BCUT2D eigenvalue weighted by atomic mass is 14.4. The second-order valence-electron chi connectivity index (χ2n) is 8.24. The van der Waals surface area contributed by atoms with Gasteiger partial charge in [-0.15, -0.1) is 0 Å². The summed E-state index contributed by atoms with van der Waals surface area (Å²) in [4.78, 5) is 0. The lowest BCUT2D eigenvalue weighted by molar-refractivity contribution is 0.661. The summed E-state index contributed by atoms with van der Waals surface area (Å²) in [6, 6.07) is 31.5. The van der Waals surface area contributed by atoms with Gasteiger partial charge in [0, 0.05) is 5.41 Å². The number of hydrogen-bond donors (Lipinski definition) is 0. The molecule has 33 heavy (non-hydrogen) atoms. The van der Waals surface area contributed by atoms with Crippen molar-refractivity contribution in [1.29, 1.82) is 0 Å². The van der Waals surface area contributed by atoms with Gasteiger partial charge in [0.25, 0.3) is 0 Å². The number of rotatable bonds is 0. The Hall–Kier alpha value is -3.12. The summed E-state index contributed by atoms with van der Waals surface area (Å²) >= 11 is 0. The van der Waals surface area contributed by atoms with E-state index < -0.39 is 0 Å². The van der Waals surface area contributed by atoms with Crippen molar-refractivity contribution in [2.24, 2.45) is 0 Å². The van der Waals surface area contributed by atoms with E-state index in [0.29, 0.717) is 0 Å². The highest BCUT2D eigenvalue weighted by molar-refractivity contribution is 6.14. The van der Waals surface area contributed by atoms with Gasteiger partial charge in [-0.1, -0.05) is 128 Å². The predicted molar refractivity (Wildman–Crippen MR) is 151 cm³/mol. The van der Waals surface area contributed by atoms with Crippen LogP contribution in [0, 0.1) is 0 Å². The summed E-state index contributed by atoms with van der Waals surface area (Å²) in [5.74, 6) is 0. The monoisotopic (exact) mass is 434 g/mol. The van der Waals surface area contributed by atoms with Crippen LogP contribution < -0.4 is 0 Å². The zero-order valence-electron chi connectivity index (χ0n) is 21.6. The fourth-order valence-corrected chi connectivity index (χ4v) is 5.01. The van der Waals surface area contributed by atoms with Crippen molar-refractivity contribution in [3.8, 4) is 11.1 Å². The number of fused-ring (bicyclic) bond motifs is 8. The Kier molecular flexibility index (Phi) is 7.59. The molecule has 6 rings (SSSR count). The lowest BCUT2D eigenvalue weighted by Gasteiger charge is -2.22. The van der Waals surface area contributed by atoms with Gasteiger partial charge in [0.1, 0.15) is 0 Å². The van der Waals surface area contributed by atoms with Crippen molar-refractivity contribution >= 4 is 32.3 Å². The van der Waals surface area contributed by atoms with Crippen LogP contribution in [0.1, 0.15) is 66.5 Å². The lowest BCUT2D eigenvalue weighted by Crippen LogP contribution is -2.14. The third-order valence-electron chi connectivity index (χ3n) is 6.43. The Morgan fingerprint density at radius 1 is 0.455 bits per heavy atom. The van der Waals surface area contributed by atoms with E-state index in [4.69, 9.17) is 0 Å². The van der Waals surface area contributed by atoms with E-state index in [2.05, 4.69) is 98.8 Å². The fourth-order valence-electron chi connectivity index (χ4n) is 5.01. The zero-order chi connectivity index (χ0) is 24.2. The van der Waals surface area contributed by atoms with E-state index in [1.807, 2.05) is 41.5 Å². The van der Waals surface area contributed by atoms with Crippen molar-refractivity contribution in [2.75, 3.05) is 0 Å². The van der Waals surface area contributed by atoms with Crippen LogP contribution in [0.15, 0.2) is 84.9 Å². The van der Waals surface area contributed by atoms with E-state index in [0.717, 1.165) is 0 Å². The molecule has 5 aromatic rings. The van der Waals surface area contributed by atoms with Gasteiger partial charge in [0.05, 0.1) is 0 Å². The molecule has 0 saturated heterocycles. The zero-order valence-corrected chi connectivity index (χ0v) is 21.6. The highest BCUT2D eigenvalue weighted by Gasteiger charge is 2.36. The Balaban J connectivity index is 0.000000475. The average molecular weight is 435 g/mol. The molecular weight excluding hydrogens is 396 g/mol. The Bertz CT molecular complexity index is 1390. The molecule has 1 aliphatic rings. The van der Waals surface area contributed by atoms with Gasteiger partial charge in [-0.05, 0) is 66.7 Å². The maximum Gasteiger partial charge on any atom is 0.0159 e. The summed E-state index contributed by atoms with van der Waals surface area (Å²) in [7, 11) is 0. The summed E-state index contributed by atoms with van der Waals surface area (Å²) < 4.78 is 0. The minimum absolute atomic E-state index is 0.0224. The van der Waals surface area contributed by atoms with Crippen molar-refractivity contribution in [3.05, 3.63) is 96.1 Å². The van der Waals surface area contributed by atoms with Crippen LogP contribution in [0.5, 0.6) is 0 Å². The van der Waals surface area contributed by atoms with E-state index in [1.165, 1.54) is 54.6 Å². The normalized spacial score (nSPS) is 12.5. The van der Waals surface area contributed by atoms with Crippen molar-refractivity contribution in [2.45, 2.75) is 60.8 Å². The summed E-state index contributed by atoms with van der Waals surface area (Å²) in [5.41, 5.74) is 5.72. The van der Waals surface area contributed by atoms with E-state index in [-0.39, 0.29) is 5.41 Å². The molecule has 0 fully saturated rings. The van der Waals surface area contributed by atoms with Crippen LogP contribution >= 0.6 is 0 Å². The van der Waals surface area contributed by atoms with E-state index >= 15 is 0 Å². The second-order valence-corrected chi connectivity index (χ2v) is 8.24. The number of benzene rings is 5. The molecule has 0 saturated carbocycles. The van der Waals surface area contributed by atoms with Crippen molar-refractivity contribution in [1.82, 2.24) is 0 Å². The van der Waals surface area contributed by atoms with E-state index in [9.17, 15) is 0 Å². The molecule has 0 bridgehead atoms. The molecule has 0 spiro atoms. The molecule has 0 N–H and O–H groups in total. The summed E-state index contributed by atoms with van der Waals surface area (Å²) in [6.07, 6.45) is 0. The molecule has 0 atom stereocenters. The molecule has 0 heterocycles. The van der Waals surface area contributed by atoms with Crippen LogP contribution in [0.2, 0.25) is 0 Å². The molecular formula is C33H38. The van der Waals surface area contributed by atoms with Crippen molar-refractivity contribution < 1.29 is 0 Å².